The smallest absolute Gasteiger partial charge is 0.146 e. The van der Waals surface area contributed by atoms with Gasteiger partial charge in [-0.25, -0.2) is 0 Å². The van der Waals surface area contributed by atoms with Crippen LogP contribution in [0.3, 0.4) is 0 Å². The van der Waals surface area contributed by atoms with E-state index >= 15 is 0 Å². The molecule has 1 N–H and O–H groups in total. The van der Waals surface area contributed by atoms with E-state index in [0.29, 0.717) is 0 Å². The molecule has 37 heavy (non-hydrogen) atoms. The van der Waals surface area contributed by atoms with Crippen LogP contribution in [0.5, 0.6) is 0 Å². The summed E-state index contributed by atoms with van der Waals surface area (Å²) in [7, 11) is 6.12. The average Bonchev–Trinajstić information content (AvgIpc) is 2.98. The summed E-state index contributed by atoms with van der Waals surface area (Å²) in [4.78, 5) is 5.17. The molecule has 0 saturated carbocycles. The van der Waals surface area contributed by atoms with Crippen molar-refractivity contribution in [3.8, 4) is 22.3 Å². The molecule has 3 heteroatoms. The lowest BCUT2D eigenvalue weighted by molar-refractivity contribution is 0.665. The third-order valence-corrected chi connectivity index (χ3v) is 6.67. The normalized spacial score (nSPS) is 14.9. The Morgan fingerprint density at radius 2 is 1.14 bits per heavy atom. The number of rotatable bonds is 5. The van der Waals surface area contributed by atoms with Gasteiger partial charge in [-0.1, -0.05) is 139 Å². The molecule has 0 amide bonds. The Labute approximate surface area is 219 Å². The fourth-order valence-corrected chi connectivity index (χ4v) is 4.79. The van der Waals surface area contributed by atoms with E-state index in [0.717, 1.165) is 44.7 Å². The minimum Gasteiger partial charge on any atom is -0.359 e. The van der Waals surface area contributed by atoms with Crippen molar-refractivity contribution in [3.63, 3.8) is 0 Å². The van der Waals surface area contributed by atoms with Crippen LogP contribution in [-0.4, -0.2) is 13.6 Å². The molecule has 2 radical (unpaired) electrons. The Hall–Kier alpha value is -4.63. The van der Waals surface area contributed by atoms with Gasteiger partial charge in [0.15, 0.2) is 0 Å². The first-order valence-electron chi connectivity index (χ1n) is 12.5. The average molecular weight is 472 g/mol. The predicted molar refractivity (Wildman–Crippen MR) is 156 cm³/mol. The highest BCUT2D eigenvalue weighted by Crippen LogP contribution is 2.33. The van der Waals surface area contributed by atoms with E-state index in [2.05, 4.69) is 115 Å². The first-order chi connectivity index (χ1) is 18.2. The van der Waals surface area contributed by atoms with Crippen molar-refractivity contribution in [3.05, 3.63) is 156 Å². The number of hydrogen-bond acceptors (Lipinski definition) is 2. The molecular weight excluding hydrogens is 447 g/mol. The standard InChI is InChI=1S/C34H25BN2/c35-29-15-9-14-28(22-29)30-16-7-8-17-31(30)34-36-32(26-12-5-2-6-13-26)23-33(37-34)27-20-18-25(19-21-27)24-10-3-1-4-11-24/h1-23,34,37H. The fourth-order valence-electron chi connectivity index (χ4n) is 4.79. The summed E-state index contributed by atoms with van der Waals surface area (Å²) in [5.74, 6) is 0. The Bertz CT molecular complexity index is 1590. The molecule has 174 valence electrons. The van der Waals surface area contributed by atoms with Crippen molar-refractivity contribution >= 4 is 24.7 Å². The second kappa shape index (κ2) is 10.2. The van der Waals surface area contributed by atoms with E-state index < -0.39 is 0 Å². The third-order valence-electron chi connectivity index (χ3n) is 6.67. The minimum atomic E-state index is -0.248. The third kappa shape index (κ3) is 4.89. The van der Waals surface area contributed by atoms with Gasteiger partial charge in [-0.3, -0.25) is 4.99 Å². The Morgan fingerprint density at radius 1 is 0.541 bits per heavy atom. The molecule has 1 aliphatic rings. The molecule has 2 nitrogen and oxygen atoms in total. The zero-order chi connectivity index (χ0) is 25.0. The van der Waals surface area contributed by atoms with Gasteiger partial charge in [0.25, 0.3) is 0 Å². The number of hydrogen-bond donors (Lipinski definition) is 1. The van der Waals surface area contributed by atoms with Crippen molar-refractivity contribution in [2.75, 3.05) is 0 Å². The monoisotopic (exact) mass is 472 g/mol. The summed E-state index contributed by atoms with van der Waals surface area (Å²) in [6.07, 6.45) is 1.90. The molecule has 0 bridgehead atoms. The molecule has 1 heterocycles. The summed E-state index contributed by atoms with van der Waals surface area (Å²) in [6.45, 7) is 0. The van der Waals surface area contributed by atoms with E-state index in [1.54, 1.807) is 0 Å². The first-order valence-corrected chi connectivity index (χ1v) is 12.5. The zero-order valence-electron chi connectivity index (χ0n) is 20.4. The van der Waals surface area contributed by atoms with Crippen LogP contribution in [0.2, 0.25) is 0 Å². The molecule has 5 aromatic carbocycles. The number of benzene rings is 5. The van der Waals surface area contributed by atoms with Crippen LogP contribution < -0.4 is 10.8 Å². The lowest BCUT2D eigenvalue weighted by atomic mass is 9.90. The highest BCUT2D eigenvalue weighted by atomic mass is 15.1. The summed E-state index contributed by atoms with van der Waals surface area (Å²) in [5.41, 5.74) is 10.7. The van der Waals surface area contributed by atoms with Crippen LogP contribution in [-0.2, 0) is 0 Å². The summed E-state index contributed by atoms with van der Waals surface area (Å²) in [5, 5.41) is 3.71. The van der Waals surface area contributed by atoms with Crippen molar-refractivity contribution in [1.29, 1.82) is 0 Å². The predicted octanol–water partition coefficient (Wildman–Crippen LogP) is 6.95. The molecule has 1 unspecified atom stereocenters. The summed E-state index contributed by atoms with van der Waals surface area (Å²) < 4.78 is 0. The van der Waals surface area contributed by atoms with Crippen LogP contribution in [0.1, 0.15) is 22.9 Å². The number of aliphatic imine (C=N–C) groups is 1. The van der Waals surface area contributed by atoms with E-state index in [1.165, 1.54) is 11.1 Å². The van der Waals surface area contributed by atoms with E-state index in [-0.39, 0.29) is 6.17 Å². The summed E-state index contributed by atoms with van der Waals surface area (Å²) >= 11 is 0. The number of allylic oxidation sites excluding steroid dienone is 1. The molecule has 0 spiro atoms. The quantitative estimate of drug-likeness (QED) is 0.275. The van der Waals surface area contributed by atoms with Gasteiger partial charge in [0.05, 0.1) is 5.71 Å². The van der Waals surface area contributed by atoms with Gasteiger partial charge in [0.2, 0.25) is 0 Å². The molecule has 0 saturated heterocycles. The van der Waals surface area contributed by atoms with Crippen molar-refractivity contribution in [2.24, 2.45) is 4.99 Å². The van der Waals surface area contributed by atoms with E-state index in [9.17, 15) is 0 Å². The largest absolute Gasteiger partial charge is 0.359 e. The minimum absolute atomic E-state index is 0.248. The van der Waals surface area contributed by atoms with Gasteiger partial charge >= 0.3 is 0 Å². The lowest BCUT2D eigenvalue weighted by Crippen LogP contribution is -2.25. The summed E-state index contributed by atoms with van der Waals surface area (Å²) in [6, 6.07) is 45.9. The van der Waals surface area contributed by atoms with Gasteiger partial charge < -0.3 is 5.32 Å². The first kappa shape index (κ1) is 22.8. The molecule has 6 rings (SSSR count). The number of nitrogens with one attached hydrogen (secondary N) is 1. The SMILES string of the molecule is [B]c1cccc(-c2ccccc2C2N=C(c3ccccc3)C=C(c3ccc(-c4ccccc4)cc3)N2)c1. The maximum Gasteiger partial charge on any atom is 0.146 e. The molecule has 0 fully saturated rings. The van der Waals surface area contributed by atoms with Crippen LogP contribution in [0, 0.1) is 0 Å². The zero-order valence-corrected chi connectivity index (χ0v) is 20.4. The van der Waals surface area contributed by atoms with Crippen molar-refractivity contribution in [1.82, 2.24) is 5.32 Å². The topological polar surface area (TPSA) is 24.4 Å². The van der Waals surface area contributed by atoms with Crippen LogP contribution in [0.15, 0.2) is 145 Å². The van der Waals surface area contributed by atoms with Gasteiger partial charge in [0, 0.05) is 11.3 Å². The molecular formula is C34H25BN2. The van der Waals surface area contributed by atoms with Gasteiger partial charge in [-0.2, -0.15) is 0 Å². The maximum absolute atomic E-state index is 6.12. The van der Waals surface area contributed by atoms with Gasteiger partial charge in [-0.15, -0.1) is 0 Å². The van der Waals surface area contributed by atoms with Crippen LogP contribution >= 0.6 is 0 Å². The van der Waals surface area contributed by atoms with Crippen LogP contribution in [0.25, 0.3) is 28.0 Å². The second-order valence-electron chi connectivity index (χ2n) is 9.14. The van der Waals surface area contributed by atoms with Crippen molar-refractivity contribution < 1.29 is 0 Å². The Morgan fingerprint density at radius 3 is 1.86 bits per heavy atom. The van der Waals surface area contributed by atoms with E-state index in [4.69, 9.17) is 12.8 Å². The highest BCUT2D eigenvalue weighted by Gasteiger charge is 2.22. The fraction of sp³-hybridized carbons (Fsp3) is 0.0294. The van der Waals surface area contributed by atoms with Gasteiger partial charge in [-0.05, 0) is 39.5 Å². The molecule has 0 aromatic heterocycles. The van der Waals surface area contributed by atoms with Gasteiger partial charge in [0.1, 0.15) is 14.0 Å². The maximum atomic E-state index is 6.12. The Kier molecular flexibility index (Phi) is 6.27. The van der Waals surface area contributed by atoms with Crippen LogP contribution in [0.4, 0.5) is 0 Å². The van der Waals surface area contributed by atoms with E-state index in [1.807, 2.05) is 30.3 Å². The molecule has 0 aliphatic carbocycles. The molecule has 5 aromatic rings. The molecule has 1 aliphatic heterocycles. The Balaban J connectivity index is 1.42. The molecule has 1 atom stereocenters. The second-order valence-corrected chi connectivity index (χ2v) is 9.14. The lowest BCUT2D eigenvalue weighted by Gasteiger charge is -2.26. The number of nitrogens with zero attached hydrogens (tertiary/aromatic N) is 1. The van der Waals surface area contributed by atoms with Crippen molar-refractivity contribution in [2.45, 2.75) is 6.17 Å². The highest BCUT2D eigenvalue weighted by molar-refractivity contribution is 6.32.